The van der Waals surface area contributed by atoms with Crippen molar-refractivity contribution in [2.75, 3.05) is 26.2 Å². The molecule has 3 heterocycles. The molecule has 0 bridgehead atoms. The van der Waals surface area contributed by atoms with Crippen molar-refractivity contribution < 1.29 is 18.3 Å². The van der Waals surface area contributed by atoms with Gasteiger partial charge in [-0.2, -0.15) is 0 Å². The summed E-state index contributed by atoms with van der Waals surface area (Å²) >= 11 is 0. The van der Waals surface area contributed by atoms with Crippen molar-refractivity contribution in [1.29, 1.82) is 0 Å². The first-order valence-electron chi connectivity index (χ1n) is 9.77. The number of rotatable bonds is 6. The molecular weight excluding hydrogens is 376 g/mol. The molecule has 1 aromatic carbocycles. The Kier molecular flexibility index (Phi) is 5.62. The highest BCUT2D eigenvalue weighted by Crippen LogP contribution is 2.27. The molecule has 1 aliphatic heterocycles. The lowest BCUT2D eigenvalue weighted by atomic mass is 10.1. The average Bonchev–Trinajstić information content (AvgIpc) is 2.74. The number of hydrogen-bond acceptors (Lipinski definition) is 7. The summed E-state index contributed by atoms with van der Waals surface area (Å²) in [4.78, 5) is 25.4. The SMILES string of the molecule is O=c1oc2c(-c3ccc(OCCCN4CCCCC4)cc3)cc[n+]([O-])c2oc1=O. The topological polar surface area (TPSA) is 99.8 Å². The van der Waals surface area contributed by atoms with E-state index in [1.54, 1.807) is 12.1 Å². The van der Waals surface area contributed by atoms with Crippen LogP contribution in [0.25, 0.3) is 22.4 Å². The van der Waals surface area contributed by atoms with Gasteiger partial charge in [0.05, 0.1) is 6.61 Å². The van der Waals surface area contributed by atoms with E-state index in [2.05, 4.69) is 4.90 Å². The Morgan fingerprint density at radius 1 is 1.00 bits per heavy atom. The summed E-state index contributed by atoms with van der Waals surface area (Å²) < 4.78 is 16.0. The summed E-state index contributed by atoms with van der Waals surface area (Å²) in [6, 6.07) is 8.74. The molecule has 1 fully saturated rings. The highest BCUT2D eigenvalue weighted by Gasteiger charge is 2.18. The molecule has 0 N–H and O–H groups in total. The van der Waals surface area contributed by atoms with Gasteiger partial charge in [-0.25, -0.2) is 9.59 Å². The van der Waals surface area contributed by atoms with Gasteiger partial charge in [0.1, 0.15) is 5.75 Å². The van der Waals surface area contributed by atoms with Gasteiger partial charge in [-0.3, -0.25) is 0 Å². The molecule has 3 aromatic rings. The van der Waals surface area contributed by atoms with Gasteiger partial charge in [0.15, 0.2) is 6.20 Å². The molecular formula is C21H22N2O6. The zero-order chi connectivity index (χ0) is 20.2. The van der Waals surface area contributed by atoms with Gasteiger partial charge in [-0.15, -0.1) is 4.73 Å². The molecule has 0 radical (unpaired) electrons. The van der Waals surface area contributed by atoms with E-state index in [1.165, 1.54) is 44.6 Å². The summed E-state index contributed by atoms with van der Waals surface area (Å²) in [7, 11) is 0. The second-order valence-electron chi connectivity index (χ2n) is 7.10. The van der Waals surface area contributed by atoms with Crippen LogP contribution in [0.3, 0.4) is 0 Å². The van der Waals surface area contributed by atoms with Crippen molar-refractivity contribution in [1.82, 2.24) is 4.90 Å². The molecule has 0 unspecified atom stereocenters. The monoisotopic (exact) mass is 398 g/mol. The molecule has 29 heavy (non-hydrogen) atoms. The third kappa shape index (κ3) is 4.32. The minimum Gasteiger partial charge on any atom is -0.616 e. The van der Waals surface area contributed by atoms with Crippen LogP contribution in [0.2, 0.25) is 0 Å². The maximum atomic E-state index is 11.8. The Balaban J connectivity index is 1.45. The number of piperidine rings is 1. The smallest absolute Gasteiger partial charge is 0.432 e. The van der Waals surface area contributed by atoms with Gasteiger partial charge in [0.2, 0.25) is 0 Å². The number of hydrogen-bond donors (Lipinski definition) is 0. The Bertz CT molecular complexity index is 1100. The van der Waals surface area contributed by atoms with E-state index in [9.17, 15) is 14.8 Å². The molecule has 2 aromatic heterocycles. The van der Waals surface area contributed by atoms with Crippen LogP contribution < -0.4 is 20.7 Å². The van der Waals surface area contributed by atoms with Crippen molar-refractivity contribution in [3.63, 3.8) is 0 Å². The largest absolute Gasteiger partial charge is 0.616 e. The molecule has 8 nitrogen and oxygen atoms in total. The summed E-state index contributed by atoms with van der Waals surface area (Å²) in [5.41, 5.74) is -1.60. The molecule has 0 aliphatic carbocycles. The predicted octanol–water partition coefficient (Wildman–Crippen LogP) is 2.30. The number of likely N-dealkylation sites (tertiary alicyclic amines) is 1. The van der Waals surface area contributed by atoms with Gasteiger partial charge < -0.3 is 23.7 Å². The maximum absolute atomic E-state index is 11.8. The molecule has 1 aliphatic rings. The van der Waals surface area contributed by atoms with E-state index in [-0.39, 0.29) is 11.3 Å². The van der Waals surface area contributed by atoms with Crippen molar-refractivity contribution in [3.05, 3.63) is 62.6 Å². The summed E-state index contributed by atoms with van der Waals surface area (Å²) in [5.74, 6) is 0.736. The van der Waals surface area contributed by atoms with Gasteiger partial charge in [-0.05, 0) is 50.0 Å². The molecule has 152 valence electrons. The Hall–Kier alpha value is -3.13. The van der Waals surface area contributed by atoms with E-state index in [1.807, 2.05) is 12.1 Å². The van der Waals surface area contributed by atoms with Crippen LogP contribution in [0.4, 0.5) is 0 Å². The number of fused-ring (bicyclic) bond motifs is 1. The quantitative estimate of drug-likeness (QED) is 0.272. The lowest BCUT2D eigenvalue weighted by Gasteiger charge is -2.26. The first-order valence-corrected chi connectivity index (χ1v) is 9.77. The number of benzene rings is 1. The predicted molar refractivity (Wildman–Crippen MR) is 106 cm³/mol. The first kappa shape index (κ1) is 19.2. The molecule has 0 amide bonds. The van der Waals surface area contributed by atoms with Crippen molar-refractivity contribution >= 4 is 11.3 Å². The summed E-state index contributed by atoms with van der Waals surface area (Å²) in [6.07, 6.45) is 6.07. The third-order valence-corrected chi connectivity index (χ3v) is 5.07. The van der Waals surface area contributed by atoms with Crippen molar-refractivity contribution in [2.24, 2.45) is 0 Å². The highest BCUT2D eigenvalue weighted by atomic mass is 16.5. The third-order valence-electron chi connectivity index (χ3n) is 5.07. The number of nitrogens with zero attached hydrogens (tertiary/aromatic N) is 2. The van der Waals surface area contributed by atoms with E-state index >= 15 is 0 Å². The molecule has 8 heteroatoms. The van der Waals surface area contributed by atoms with E-state index < -0.39 is 11.3 Å². The van der Waals surface area contributed by atoms with Crippen molar-refractivity contribution in [2.45, 2.75) is 25.7 Å². The molecule has 0 saturated carbocycles. The van der Waals surface area contributed by atoms with Crippen LogP contribution in [-0.2, 0) is 0 Å². The number of pyridine rings is 1. The summed E-state index contributed by atoms with van der Waals surface area (Å²) in [5, 5.41) is 11.8. The average molecular weight is 398 g/mol. The van der Waals surface area contributed by atoms with Crippen LogP contribution in [0.1, 0.15) is 25.7 Å². The summed E-state index contributed by atoms with van der Waals surface area (Å²) in [6.45, 7) is 4.05. The fourth-order valence-corrected chi connectivity index (χ4v) is 3.57. The van der Waals surface area contributed by atoms with Crippen LogP contribution in [0, 0.1) is 5.21 Å². The van der Waals surface area contributed by atoms with Crippen LogP contribution >= 0.6 is 0 Å². The van der Waals surface area contributed by atoms with E-state index in [0.29, 0.717) is 22.5 Å². The second-order valence-corrected chi connectivity index (χ2v) is 7.10. The van der Waals surface area contributed by atoms with Gasteiger partial charge in [0.25, 0.3) is 5.58 Å². The Labute approximate surface area is 166 Å². The highest BCUT2D eigenvalue weighted by molar-refractivity contribution is 5.85. The number of aromatic nitrogens is 1. The lowest BCUT2D eigenvalue weighted by Crippen LogP contribution is -2.31. The van der Waals surface area contributed by atoms with E-state index in [4.69, 9.17) is 13.6 Å². The fraction of sp³-hybridized carbons (Fsp3) is 0.381. The lowest BCUT2D eigenvalue weighted by molar-refractivity contribution is -0.585. The molecule has 4 rings (SSSR count). The van der Waals surface area contributed by atoms with Gasteiger partial charge in [0, 0.05) is 18.2 Å². The molecule has 1 saturated heterocycles. The number of ether oxygens (including phenoxy) is 1. The molecule has 0 atom stereocenters. The zero-order valence-electron chi connectivity index (χ0n) is 16.0. The minimum absolute atomic E-state index is 0.0673. The zero-order valence-corrected chi connectivity index (χ0v) is 16.0. The van der Waals surface area contributed by atoms with Crippen LogP contribution in [0.5, 0.6) is 5.75 Å². The molecule has 0 spiro atoms. The fourth-order valence-electron chi connectivity index (χ4n) is 3.57. The second kappa shape index (κ2) is 8.48. The maximum Gasteiger partial charge on any atom is 0.432 e. The van der Waals surface area contributed by atoms with E-state index in [0.717, 1.165) is 18.7 Å². The standard InChI is InChI=1S/C21H22N2O6/c24-20-21(25)29-19-18(28-20)17(9-13-23(19)26)15-5-7-16(8-6-15)27-14-4-12-22-10-2-1-3-11-22/h5-9,13H,1-4,10-12,14H2. The van der Waals surface area contributed by atoms with Crippen molar-refractivity contribution in [3.8, 4) is 16.9 Å². The normalized spacial score (nSPS) is 14.9. The first-order chi connectivity index (χ1) is 14.1. The minimum atomic E-state index is -1.22. The Morgan fingerprint density at radius 2 is 1.72 bits per heavy atom. The van der Waals surface area contributed by atoms with Crippen LogP contribution in [0.15, 0.2) is 55.0 Å². The van der Waals surface area contributed by atoms with Crippen LogP contribution in [-0.4, -0.2) is 31.1 Å². The Morgan fingerprint density at radius 3 is 2.48 bits per heavy atom. The van der Waals surface area contributed by atoms with Gasteiger partial charge >= 0.3 is 17.0 Å². The van der Waals surface area contributed by atoms with Gasteiger partial charge in [-0.1, -0.05) is 18.6 Å².